The molecule has 1 saturated heterocycles. The zero-order valence-electron chi connectivity index (χ0n) is 17.3. The lowest BCUT2D eigenvalue weighted by Crippen LogP contribution is -2.28. The summed E-state index contributed by atoms with van der Waals surface area (Å²) < 4.78 is 10.7. The van der Waals surface area contributed by atoms with Crippen molar-refractivity contribution >= 4 is 40.7 Å². The molecule has 3 aromatic rings. The van der Waals surface area contributed by atoms with Crippen LogP contribution < -0.4 is 14.8 Å². The van der Waals surface area contributed by atoms with Crippen molar-refractivity contribution in [3.63, 3.8) is 0 Å². The Hall–Kier alpha value is -3.06. The molecule has 1 aromatic carbocycles. The van der Waals surface area contributed by atoms with Crippen LogP contribution in [0.25, 0.3) is 11.0 Å². The molecule has 0 saturated carbocycles. The van der Waals surface area contributed by atoms with Crippen molar-refractivity contribution in [1.29, 1.82) is 0 Å². The summed E-state index contributed by atoms with van der Waals surface area (Å²) >= 11 is 0. The zero-order valence-corrected chi connectivity index (χ0v) is 18.1. The Balaban J connectivity index is 0.00000256. The van der Waals surface area contributed by atoms with Gasteiger partial charge in [0.2, 0.25) is 0 Å². The third kappa shape index (κ3) is 4.11. The van der Waals surface area contributed by atoms with Crippen LogP contribution in [0, 0.1) is 6.92 Å². The number of nitrogens with one attached hydrogen (secondary N) is 1. The number of aryl methyl sites for hydroxylation is 1. The van der Waals surface area contributed by atoms with Gasteiger partial charge in [0.05, 0.1) is 25.5 Å². The van der Waals surface area contributed by atoms with E-state index in [1.165, 1.54) is 0 Å². The van der Waals surface area contributed by atoms with Crippen LogP contribution in [0.1, 0.15) is 28.9 Å². The predicted octanol–water partition coefficient (Wildman–Crippen LogP) is 4.36. The zero-order chi connectivity index (χ0) is 20.4. The monoisotopic (exact) mass is 428 g/mol. The molecule has 7 nitrogen and oxygen atoms in total. The van der Waals surface area contributed by atoms with E-state index in [2.05, 4.69) is 15.3 Å². The largest absolute Gasteiger partial charge is 0.493 e. The number of hydrogen-bond acceptors (Lipinski definition) is 6. The van der Waals surface area contributed by atoms with E-state index >= 15 is 0 Å². The maximum absolute atomic E-state index is 13.2. The number of hydrogen-bond donors (Lipinski definition) is 1. The molecule has 0 aliphatic carbocycles. The third-order valence-corrected chi connectivity index (χ3v) is 5.15. The molecular weight excluding hydrogens is 404 g/mol. The van der Waals surface area contributed by atoms with Gasteiger partial charge in [-0.15, -0.1) is 12.4 Å². The van der Waals surface area contributed by atoms with Crippen molar-refractivity contribution in [2.45, 2.75) is 19.8 Å². The second kappa shape index (κ2) is 9.17. The first-order valence-corrected chi connectivity index (χ1v) is 9.65. The topological polar surface area (TPSA) is 76.6 Å². The van der Waals surface area contributed by atoms with Crippen LogP contribution in [0.15, 0.2) is 36.5 Å². The molecule has 8 heteroatoms. The van der Waals surface area contributed by atoms with Gasteiger partial charge in [-0.3, -0.25) is 4.79 Å². The molecule has 1 N–H and O–H groups in total. The normalized spacial score (nSPS) is 13.1. The first-order valence-electron chi connectivity index (χ1n) is 9.65. The van der Waals surface area contributed by atoms with Gasteiger partial charge in [0, 0.05) is 42.1 Å². The van der Waals surface area contributed by atoms with E-state index in [0.717, 1.165) is 42.7 Å². The molecule has 3 heterocycles. The van der Waals surface area contributed by atoms with Crippen LogP contribution >= 0.6 is 12.4 Å². The second-order valence-electron chi connectivity index (χ2n) is 7.06. The first-order chi connectivity index (χ1) is 14.1. The maximum atomic E-state index is 13.2. The van der Waals surface area contributed by atoms with Crippen molar-refractivity contribution in [3.05, 3.63) is 47.8 Å². The van der Waals surface area contributed by atoms with Crippen LogP contribution in [0.5, 0.6) is 11.5 Å². The van der Waals surface area contributed by atoms with Crippen LogP contribution in [-0.4, -0.2) is 48.1 Å². The minimum Gasteiger partial charge on any atom is -0.493 e. The highest BCUT2D eigenvalue weighted by molar-refractivity contribution is 6.07. The number of pyridine rings is 2. The predicted molar refractivity (Wildman–Crippen MR) is 119 cm³/mol. The van der Waals surface area contributed by atoms with Gasteiger partial charge in [-0.1, -0.05) is 0 Å². The van der Waals surface area contributed by atoms with Gasteiger partial charge in [-0.2, -0.15) is 0 Å². The van der Waals surface area contributed by atoms with E-state index in [4.69, 9.17) is 9.47 Å². The van der Waals surface area contributed by atoms with Gasteiger partial charge in [-0.25, -0.2) is 9.97 Å². The summed E-state index contributed by atoms with van der Waals surface area (Å²) in [5.74, 6) is 1.24. The number of nitrogens with zero attached hydrogens (tertiary/aromatic N) is 3. The van der Waals surface area contributed by atoms with Gasteiger partial charge < -0.3 is 19.7 Å². The number of amides is 1. The number of likely N-dealkylation sites (tertiary alicyclic amines) is 1. The van der Waals surface area contributed by atoms with E-state index in [0.29, 0.717) is 28.4 Å². The van der Waals surface area contributed by atoms with E-state index in [1.54, 1.807) is 20.4 Å². The minimum atomic E-state index is -0.0135. The number of carbonyl (C=O) groups excluding carboxylic acids is 1. The Morgan fingerprint density at radius 1 is 1.07 bits per heavy atom. The van der Waals surface area contributed by atoms with Crippen molar-refractivity contribution in [1.82, 2.24) is 14.9 Å². The number of aromatic nitrogens is 2. The highest BCUT2D eigenvalue weighted by atomic mass is 35.5. The average Bonchev–Trinajstić information content (AvgIpc) is 3.28. The number of halogens is 1. The SMILES string of the molecule is COc1ccc(Nc2c(C(=O)N3CCCC3)cnc3nc(C)ccc23)cc1OC.Cl. The van der Waals surface area contributed by atoms with E-state index in [-0.39, 0.29) is 18.3 Å². The van der Waals surface area contributed by atoms with Crippen LogP contribution in [-0.2, 0) is 0 Å². The molecule has 2 aromatic heterocycles. The van der Waals surface area contributed by atoms with Gasteiger partial charge in [-0.05, 0) is 44.0 Å². The Bertz CT molecular complexity index is 1070. The number of ether oxygens (including phenoxy) is 2. The lowest BCUT2D eigenvalue weighted by atomic mass is 10.1. The molecule has 0 spiro atoms. The molecule has 1 fully saturated rings. The number of fused-ring (bicyclic) bond motifs is 1. The van der Waals surface area contributed by atoms with Crippen molar-refractivity contribution in [2.24, 2.45) is 0 Å². The van der Waals surface area contributed by atoms with E-state index in [1.807, 2.05) is 42.2 Å². The van der Waals surface area contributed by atoms with Crippen molar-refractivity contribution in [3.8, 4) is 11.5 Å². The molecule has 1 amide bonds. The molecular formula is C22H25ClN4O3. The lowest BCUT2D eigenvalue weighted by Gasteiger charge is -2.20. The second-order valence-corrected chi connectivity index (χ2v) is 7.06. The molecule has 30 heavy (non-hydrogen) atoms. The Morgan fingerprint density at radius 3 is 2.50 bits per heavy atom. The summed E-state index contributed by atoms with van der Waals surface area (Å²) in [5.41, 5.74) is 3.50. The number of rotatable bonds is 5. The first kappa shape index (κ1) is 21.6. The summed E-state index contributed by atoms with van der Waals surface area (Å²) in [4.78, 5) is 24.0. The quantitative estimate of drug-likeness (QED) is 0.650. The molecule has 4 rings (SSSR count). The summed E-state index contributed by atoms with van der Waals surface area (Å²) in [5, 5.41) is 4.20. The molecule has 1 aliphatic heterocycles. The Kier molecular flexibility index (Phi) is 6.62. The summed E-state index contributed by atoms with van der Waals surface area (Å²) in [7, 11) is 3.20. The summed E-state index contributed by atoms with van der Waals surface area (Å²) in [6, 6.07) is 9.44. The smallest absolute Gasteiger partial charge is 0.257 e. The molecule has 0 unspecified atom stereocenters. The Labute approximate surface area is 181 Å². The van der Waals surface area contributed by atoms with Gasteiger partial charge in [0.15, 0.2) is 17.1 Å². The van der Waals surface area contributed by atoms with Gasteiger partial charge in [0.25, 0.3) is 5.91 Å². The Morgan fingerprint density at radius 2 is 1.80 bits per heavy atom. The van der Waals surface area contributed by atoms with Gasteiger partial charge >= 0.3 is 0 Å². The summed E-state index contributed by atoms with van der Waals surface area (Å²) in [6.07, 6.45) is 3.69. The number of carbonyl (C=O) groups is 1. The standard InChI is InChI=1S/C22H24N4O3.ClH/c1-14-6-8-16-20(25-15-7-9-18(28-2)19(12-15)29-3)17(13-23-21(16)24-14)22(27)26-10-4-5-11-26;/h6-9,12-13H,4-5,10-11H2,1-3H3,(H,23,24,25);1H. The molecule has 0 atom stereocenters. The van der Waals surface area contributed by atoms with Crippen LogP contribution in [0.2, 0.25) is 0 Å². The van der Waals surface area contributed by atoms with E-state index < -0.39 is 0 Å². The highest BCUT2D eigenvalue weighted by Crippen LogP contribution is 2.34. The molecule has 0 bridgehead atoms. The number of benzene rings is 1. The van der Waals surface area contributed by atoms with Crippen molar-refractivity contribution < 1.29 is 14.3 Å². The fourth-order valence-electron chi connectivity index (χ4n) is 3.62. The fraction of sp³-hybridized carbons (Fsp3) is 0.318. The third-order valence-electron chi connectivity index (χ3n) is 5.15. The van der Waals surface area contributed by atoms with E-state index in [9.17, 15) is 4.79 Å². The summed E-state index contributed by atoms with van der Waals surface area (Å²) in [6.45, 7) is 3.48. The van der Waals surface area contributed by atoms with Crippen LogP contribution in [0.3, 0.4) is 0 Å². The molecule has 1 aliphatic rings. The lowest BCUT2D eigenvalue weighted by molar-refractivity contribution is 0.0793. The van der Waals surface area contributed by atoms with Crippen molar-refractivity contribution in [2.75, 3.05) is 32.6 Å². The number of anilines is 2. The molecule has 158 valence electrons. The minimum absolute atomic E-state index is 0. The van der Waals surface area contributed by atoms with Crippen LogP contribution in [0.4, 0.5) is 11.4 Å². The number of methoxy groups -OCH3 is 2. The fourth-order valence-corrected chi connectivity index (χ4v) is 3.62. The molecule has 0 radical (unpaired) electrons. The maximum Gasteiger partial charge on any atom is 0.257 e. The highest BCUT2D eigenvalue weighted by Gasteiger charge is 2.24. The average molecular weight is 429 g/mol. The van der Waals surface area contributed by atoms with Gasteiger partial charge in [0.1, 0.15) is 0 Å².